The molecule has 0 unspecified atom stereocenters. The molecule has 0 radical (unpaired) electrons. The highest BCUT2D eigenvalue weighted by Gasteiger charge is 2.29. The minimum atomic E-state index is 0.809. The molecule has 0 spiro atoms. The number of hydrogen-bond donors (Lipinski definition) is 0. The summed E-state index contributed by atoms with van der Waals surface area (Å²) in [5.74, 6) is 2.43. The summed E-state index contributed by atoms with van der Waals surface area (Å²) >= 11 is 0. The highest BCUT2D eigenvalue weighted by Crippen LogP contribution is 2.20. The van der Waals surface area contributed by atoms with Crippen molar-refractivity contribution < 1.29 is 4.48 Å². The van der Waals surface area contributed by atoms with Gasteiger partial charge in [-0.25, -0.2) is 0 Å². The van der Waals surface area contributed by atoms with Crippen LogP contribution in [-0.2, 0) is 0 Å². The summed E-state index contributed by atoms with van der Waals surface area (Å²) in [5.41, 5.74) is 0. The third-order valence-corrected chi connectivity index (χ3v) is 3.74. The van der Waals surface area contributed by atoms with E-state index in [0.717, 1.165) is 17.8 Å². The molecule has 0 atom stereocenters. The molecule has 1 nitrogen and oxygen atoms in total. The summed E-state index contributed by atoms with van der Waals surface area (Å²) in [5, 5.41) is 0. The van der Waals surface area contributed by atoms with Gasteiger partial charge in [0.05, 0.1) is 26.2 Å². The molecule has 0 fully saturated rings. The van der Waals surface area contributed by atoms with Gasteiger partial charge in [0.25, 0.3) is 0 Å². The molecule has 0 N–H and O–H groups in total. The fourth-order valence-corrected chi connectivity index (χ4v) is 3.70. The van der Waals surface area contributed by atoms with E-state index >= 15 is 0 Å². The summed E-state index contributed by atoms with van der Waals surface area (Å²) < 4.78 is 1.36. The van der Waals surface area contributed by atoms with Crippen LogP contribution in [0.1, 0.15) is 74.1 Å². The summed E-state index contributed by atoms with van der Waals surface area (Å²) in [4.78, 5) is 0. The highest BCUT2D eigenvalue weighted by molar-refractivity contribution is 4.56. The number of nitrogens with zero attached hydrogens (tertiary/aromatic N) is 1. The molecule has 0 aliphatic heterocycles. The molecule has 0 saturated heterocycles. The SMILES string of the molecule is CCCCCC[N+](CC(C)C)(CC(C)C)CC(C)C. The van der Waals surface area contributed by atoms with Gasteiger partial charge in [-0.15, -0.1) is 0 Å². The lowest BCUT2D eigenvalue weighted by atomic mass is 10.0. The molecule has 0 rings (SSSR count). The summed E-state index contributed by atoms with van der Waals surface area (Å²) in [6, 6.07) is 0. The first-order valence-electron chi connectivity index (χ1n) is 8.66. The van der Waals surface area contributed by atoms with E-state index in [9.17, 15) is 0 Å². The molecule has 0 aliphatic rings. The van der Waals surface area contributed by atoms with Crippen LogP contribution >= 0.6 is 0 Å². The average Bonchev–Trinajstić information content (AvgIpc) is 2.21. The van der Waals surface area contributed by atoms with Gasteiger partial charge in [0, 0.05) is 17.8 Å². The van der Waals surface area contributed by atoms with Gasteiger partial charge in [-0.2, -0.15) is 0 Å². The molecule has 0 aromatic rings. The summed E-state index contributed by atoms with van der Waals surface area (Å²) in [6.07, 6.45) is 5.59. The van der Waals surface area contributed by atoms with E-state index in [2.05, 4.69) is 48.5 Å². The van der Waals surface area contributed by atoms with Crippen molar-refractivity contribution in [3.63, 3.8) is 0 Å². The van der Waals surface area contributed by atoms with Crippen LogP contribution in [0.2, 0.25) is 0 Å². The zero-order chi connectivity index (χ0) is 14.9. The van der Waals surface area contributed by atoms with Crippen LogP contribution < -0.4 is 0 Å². The standard InChI is InChI=1S/C18H40N/c1-8-9-10-11-12-19(13-16(2)3,14-17(4)5)15-18(6)7/h16-18H,8-15H2,1-7H3/q+1. The minimum absolute atomic E-state index is 0.809. The zero-order valence-electron chi connectivity index (χ0n) is 14.8. The van der Waals surface area contributed by atoms with Gasteiger partial charge in [0.1, 0.15) is 0 Å². The Labute approximate surface area is 123 Å². The molecule has 116 valence electrons. The molecule has 1 heteroatoms. The van der Waals surface area contributed by atoms with Gasteiger partial charge in [-0.1, -0.05) is 61.3 Å². The van der Waals surface area contributed by atoms with Crippen LogP contribution in [0.5, 0.6) is 0 Å². The molecule has 0 aromatic carbocycles. The van der Waals surface area contributed by atoms with Crippen molar-refractivity contribution >= 4 is 0 Å². The van der Waals surface area contributed by atoms with E-state index in [1.165, 1.54) is 56.3 Å². The molecule has 0 aliphatic carbocycles. The monoisotopic (exact) mass is 270 g/mol. The van der Waals surface area contributed by atoms with Gasteiger partial charge in [-0.3, -0.25) is 0 Å². The van der Waals surface area contributed by atoms with Crippen LogP contribution in [0.25, 0.3) is 0 Å². The Balaban J connectivity index is 4.68. The smallest absolute Gasteiger partial charge is 0.0810 e. The van der Waals surface area contributed by atoms with Crippen LogP contribution in [0.3, 0.4) is 0 Å². The van der Waals surface area contributed by atoms with E-state index in [0.29, 0.717) is 0 Å². The van der Waals surface area contributed by atoms with Crippen LogP contribution in [-0.4, -0.2) is 30.7 Å². The second-order valence-electron chi connectivity index (χ2n) is 7.86. The Morgan fingerprint density at radius 1 is 0.632 bits per heavy atom. The normalized spacial score (nSPS) is 12.9. The van der Waals surface area contributed by atoms with Crippen molar-refractivity contribution in [1.82, 2.24) is 0 Å². The molecular weight excluding hydrogens is 230 g/mol. The lowest BCUT2D eigenvalue weighted by Gasteiger charge is -2.43. The Morgan fingerprint density at radius 2 is 1.05 bits per heavy atom. The first-order chi connectivity index (χ1) is 8.81. The van der Waals surface area contributed by atoms with E-state index in [-0.39, 0.29) is 0 Å². The largest absolute Gasteiger partial charge is 0.323 e. The van der Waals surface area contributed by atoms with Crippen LogP contribution in [0.4, 0.5) is 0 Å². The third kappa shape index (κ3) is 9.49. The Hall–Kier alpha value is -0.0400. The average molecular weight is 271 g/mol. The minimum Gasteiger partial charge on any atom is -0.323 e. The van der Waals surface area contributed by atoms with E-state index in [1.54, 1.807) is 0 Å². The van der Waals surface area contributed by atoms with E-state index < -0.39 is 0 Å². The number of unbranched alkanes of at least 4 members (excludes halogenated alkanes) is 3. The van der Waals surface area contributed by atoms with E-state index in [1.807, 2.05) is 0 Å². The summed E-state index contributed by atoms with van der Waals surface area (Å²) in [6.45, 7) is 22.1. The number of hydrogen-bond acceptors (Lipinski definition) is 0. The number of rotatable bonds is 11. The van der Waals surface area contributed by atoms with Crippen molar-refractivity contribution in [3.05, 3.63) is 0 Å². The first kappa shape index (κ1) is 19.0. The molecule has 0 bridgehead atoms. The first-order valence-corrected chi connectivity index (χ1v) is 8.66. The maximum Gasteiger partial charge on any atom is 0.0810 e. The third-order valence-electron chi connectivity index (χ3n) is 3.74. The van der Waals surface area contributed by atoms with Gasteiger partial charge < -0.3 is 4.48 Å². The van der Waals surface area contributed by atoms with Gasteiger partial charge in [-0.05, 0) is 12.8 Å². The Bertz CT molecular complexity index is 179. The predicted octanol–water partition coefficient (Wildman–Crippen LogP) is 5.35. The fraction of sp³-hybridized carbons (Fsp3) is 1.00. The Morgan fingerprint density at radius 3 is 1.37 bits per heavy atom. The maximum atomic E-state index is 2.39. The molecule has 0 aromatic heterocycles. The van der Waals surface area contributed by atoms with Crippen LogP contribution in [0.15, 0.2) is 0 Å². The Kier molecular flexibility index (Phi) is 9.78. The highest BCUT2D eigenvalue weighted by atomic mass is 15.4. The van der Waals surface area contributed by atoms with Gasteiger partial charge in [0.15, 0.2) is 0 Å². The molecular formula is C18H40N+. The number of quaternary nitrogens is 1. The van der Waals surface area contributed by atoms with Crippen LogP contribution in [0, 0.1) is 17.8 Å². The van der Waals surface area contributed by atoms with Crippen molar-refractivity contribution in [3.8, 4) is 0 Å². The van der Waals surface area contributed by atoms with Crippen molar-refractivity contribution in [2.24, 2.45) is 17.8 Å². The molecule has 0 amide bonds. The van der Waals surface area contributed by atoms with E-state index in [4.69, 9.17) is 0 Å². The predicted molar refractivity (Wildman–Crippen MR) is 88.4 cm³/mol. The van der Waals surface area contributed by atoms with Gasteiger partial charge >= 0.3 is 0 Å². The molecule has 0 heterocycles. The topological polar surface area (TPSA) is 0 Å². The van der Waals surface area contributed by atoms with Crippen molar-refractivity contribution in [2.45, 2.75) is 74.1 Å². The molecule has 0 saturated carbocycles. The second-order valence-corrected chi connectivity index (χ2v) is 7.86. The van der Waals surface area contributed by atoms with Crippen molar-refractivity contribution in [2.75, 3.05) is 26.2 Å². The maximum absolute atomic E-state index is 2.39. The quantitative estimate of drug-likeness (QED) is 0.350. The second kappa shape index (κ2) is 9.80. The summed E-state index contributed by atoms with van der Waals surface area (Å²) in [7, 11) is 0. The fourth-order valence-electron chi connectivity index (χ4n) is 3.70. The van der Waals surface area contributed by atoms with Gasteiger partial charge in [0.2, 0.25) is 0 Å². The zero-order valence-corrected chi connectivity index (χ0v) is 14.8. The lowest BCUT2D eigenvalue weighted by molar-refractivity contribution is -0.936. The lowest BCUT2D eigenvalue weighted by Crippen LogP contribution is -2.54. The molecule has 19 heavy (non-hydrogen) atoms. The van der Waals surface area contributed by atoms with Crippen molar-refractivity contribution in [1.29, 1.82) is 0 Å².